The number of rotatable bonds is 8. The van der Waals surface area contributed by atoms with Gasteiger partial charge in [0.1, 0.15) is 5.60 Å². The number of anilines is 2. The molecule has 0 aliphatic heterocycles. The first-order valence-corrected chi connectivity index (χ1v) is 11.4. The highest BCUT2D eigenvalue weighted by molar-refractivity contribution is 5.93. The van der Waals surface area contributed by atoms with Gasteiger partial charge in [-0.3, -0.25) is 15.1 Å². The normalized spacial score (nSPS) is 12.1. The van der Waals surface area contributed by atoms with Gasteiger partial charge in [-0.1, -0.05) is 13.0 Å². The molecular weight excluding hydrogens is 450 g/mol. The molecule has 0 aliphatic rings. The van der Waals surface area contributed by atoms with E-state index in [1.54, 1.807) is 52.2 Å². The molecule has 35 heavy (non-hydrogen) atoms. The molecule has 1 atom stereocenters. The Labute approximate surface area is 203 Å². The third-order valence-electron chi connectivity index (χ3n) is 5.04. The summed E-state index contributed by atoms with van der Waals surface area (Å²) in [5.41, 5.74) is 1.09. The Hall–Kier alpha value is -3.95. The van der Waals surface area contributed by atoms with E-state index in [-0.39, 0.29) is 23.2 Å². The van der Waals surface area contributed by atoms with Crippen LogP contribution in [0, 0.1) is 12.8 Å². The third kappa shape index (κ3) is 7.53. The number of benzene rings is 1. The second kappa shape index (κ2) is 11.0. The molecule has 186 valence electrons. The highest BCUT2D eigenvalue weighted by atomic mass is 16.6. The molecule has 0 saturated carbocycles. The van der Waals surface area contributed by atoms with Crippen LogP contribution in [0.4, 0.5) is 16.5 Å². The van der Waals surface area contributed by atoms with Gasteiger partial charge in [0.25, 0.3) is 6.01 Å². The van der Waals surface area contributed by atoms with Gasteiger partial charge in [0.15, 0.2) is 0 Å². The van der Waals surface area contributed by atoms with Crippen molar-refractivity contribution < 1.29 is 18.7 Å². The standard InChI is InChI=1S/C25H31N5O5/c1-15(11-20(31)27-14-17-7-6-10-26-13-17)12-28-23-29-19-9-8-18(16(2)21(19)22(32)34-23)30-24(33)35-25(3,4)5/h6-10,13,15H,11-12,14H2,1-5H3,(H,27,31)(H,28,29)(H,30,33). The smallest absolute Gasteiger partial charge is 0.412 e. The Kier molecular flexibility index (Phi) is 8.06. The zero-order chi connectivity index (χ0) is 25.6. The fourth-order valence-corrected chi connectivity index (χ4v) is 3.37. The lowest BCUT2D eigenvalue weighted by Crippen LogP contribution is -2.27. The number of carbonyl (C=O) groups is 2. The van der Waals surface area contributed by atoms with Gasteiger partial charge < -0.3 is 19.8 Å². The average molecular weight is 482 g/mol. The Bertz CT molecular complexity index is 1250. The van der Waals surface area contributed by atoms with E-state index in [9.17, 15) is 14.4 Å². The van der Waals surface area contributed by atoms with Crippen LogP contribution in [0.15, 0.2) is 45.9 Å². The molecule has 10 heteroatoms. The number of nitrogens with zero attached hydrogens (tertiary/aromatic N) is 2. The van der Waals surface area contributed by atoms with Crippen molar-refractivity contribution >= 4 is 34.6 Å². The number of amides is 2. The van der Waals surface area contributed by atoms with E-state index in [0.29, 0.717) is 36.3 Å². The van der Waals surface area contributed by atoms with Crippen LogP contribution in [0.25, 0.3) is 10.9 Å². The molecule has 0 radical (unpaired) electrons. The van der Waals surface area contributed by atoms with E-state index in [1.807, 2.05) is 19.1 Å². The molecule has 0 spiro atoms. The molecule has 10 nitrogen and oxygen atoms in total. The molecule has 0 aliphatic carbocycles. The van der Waals surface area contributed by atoms with E-state index in [1.165, 1.54) is 0 Å². The lowest BCUT2D eigenvalue weighted by molar-refractivity contribution is -0.122. The van der Waals surface area contributed by atoms with Gasteiger partial charge in [-0.15, -0.1) is 0 Å². The summed E-state index contributed by atoms with van der Waals surface area (Å²) in [6, 6.07) is 7.07. The second-order valence-corrected chi connectivity index (χ2v) is 9.39. The van der Waals surface area contributed by atoms with Crippen molar-refractivity contribution in [3.63, 3.8) is 0 Å². The zero-order valence-electron chi connectivity index (χ0n) is 20.6. The molecule has 1 aromatic carbocycles. The maximum Gasteiger partial charge on any atom is 0.412 e. The van der Waals surface area contributed by atoms with Crippen molar-refractivity contribution in [3.8, 4) is 0 Å². The van der Waals surface area contributed by atoms with Gasteiger partial charge in [0, 0.05) is 37.6 Å². The van der Waals surface area contributed by atoms with Crippen molar-refractivity contribution in [1.82, 2.24) is 15.3 Å². The van der Waals surface area contributed by atoms with Crippen molar-refractivity contribution in [2.45, 2.75) is 53.2 Å². The number of carbonyl (C=O) groups excluding carboxylic acids is 2. The summed E-state index contributed by atoms with van der Waals surface area (Å²) in [4.78, 5) is 45.4. The lowest BCUT2D eigenvalue weighted by Gasteiger charge is -2.20. The minimum Gasteiger partial charge on any atom is -0.444 e. The average Bonchev–Trinajstić information content (AvgIpc) is 2.77. The topological polar surface area (TPSA) is 135 Å². The maximum absolute atomic E-state index is 12.7. The second-order valence-electron chi connectivity index (χ2n) is 9.39. The minimum atomic E-state index is -0.646. The highest BCUT2D eigenvalue weighted by Crippen LogP contribution is 2.24. The summed E-state index contributed by atoms with van der Waals surface area (Å²) >= 11 is 0. The van der Waals surface area contributed by atoms with Gasteiger partial charge in [-0.2, -0.15) is 4.98 Å². The molecule has 3 aromatic rings. The number of nitrogens with one attached hydrogen (secondary N) is 3. The fourth-order valence-electron chi connectivity index (χ4n) is 3.37. The van der Waals surface area contributed by atoms with Crippen molar-refractivity contribution in [3.05, 3.63) is 58.2 Å². The van der Waals surface area contributed by atoms with Crippen LogP contribution in [0.2, 0.25) is 0 Å². The predicted octanol–water partition coefficient (Wildman–Crippen LogP) is 3.99. The Morgan fingerprint density at radius 1 is 1.20 bits per heavy atom. The number of aromatic nitrogens is 2. The van der Waals surface area contributed by atoms with Crippen LogP contribution in [0.5, 0.6) is 0 Å². The number of fused-ring (bicyclic) bond motifs is 1. The van der Waals surface area contributed by atoms with Crippen LogP contribution in [0.3, 0.4) is 0 Å². The summed E-state index contributed by atoms with van der Waals surface area (Å²) in [6.45, 7) is 9.71. The van der Waals surface area contributed by atoms with Crippen LogP contribution < -0.4 is 21.6 Å². The molecule has 0 bridgehead atoms. The zero-order valence-corrected chi connectivity index (χ0v) is 20.6. The van der Waals surface area contributed by atoms with E-state index in [2.05, 4.69) is 25.9 Å². The quantitative estimate of drug-likeness (QED) is 0.439. The van der Waals surface area contributed by atoms with Crippen LogP contribution in [-0.4, -0.2) is 34.1 Å². The number of hydrogen-bond acceptors (Lipinski definition) is 8. The van der Waals surface area contributed by atoms with Gasteiger partial charge in [0.05, 0.1) is 10.9 Å². The highest BCUT2D eigenvalue weighted by Gasteiger charge is 2.19. The number of hydrogen-bond donors (Lipinski definition) is 3. The summed E-state index contributed by atoms with van der Waals surface area (Å²) in [5.74, 6) is -0.120. The summed E-state index contributed by atoms with van der Waals surface area (Å²) in [7, 11) is 0. The summed E-state index contributed by atoms with van der Waals surface area (Å²) in [5, 5.41) is 8.78. The van der Waals surface area contributed by atoms with Crippen molar-refractivity contribution in [1.29, 1.82) is 0 Å². The van der Waals surface area contributed by atoms with Crippen molar-refractivity contribution in [2.75, 3.05) is 17.2 Å². The number of pyridine rings is 1. The van der Waals surface area contributed by atoms with Gasteiger partial charge >= 0.3 is 11.7 Å². The Morgan fingerprint density at radius 3 is 2.66 bits per heavy atom. The molecule has 3 N–H and O–H groups in total. The van der Waals surface area contributed by atoms with Gasteiger partial charge in [0.2, 0.25) is 5.91 Å². The first-order chi connectivity index (χ1) is 16.5. The fraction of sp³-hybridized carbons (Fsp3) is 0.400. The van der Waals surface area contributed by atoms with Gasteiger partial charge in [-0.25, -0.2) is 9.59 Å². The maximum atomic E-state index is 12.7. The van der Waals surface area contributed by atoms with E-state index >= 15 is 0 Å². The number of ether oxygens (including phenoxy) is 1. The largest absolute Gasteiger partial charge is 0.444 e. The third-order valence-corrected chi connectivity index (χ3v) is 5.04. The lowest BCUT2D eigenvalue weighted by atomic mass is 10.1. The van der Waals surface area contributed by atoms with Crippen LogP contribution in [0.1, 0.15) is 45.2 Å². The van der Waals surface area contributed by atoms with E-state index in [4.69, 9.17) is 9.15 Å². The molecule has 2 aromatic heterocycles. The summed E-state index contributed by atoms with van der Waals surface area (Å²) < 4.78 is 10.6. The van der Waals surface area contributed by atoms with Gasteiger partial charge in [-0.05, 0) is 62.9 Å². The first-order valence-electron chi connectivity index (χ1n) is 11.4. The van der Waals surface area contributed by atoms with Crippen LogP contribution >= 0.6 is 0 Å². The van der Waals surface area contributed by atoms with Crippen LogP contribution in [-0.2, 0) is 16.1 Å². The molecule has 2 heterocycles. The molecule has 0 saturated heterocycles. The molecule has 2 amide bonds. The summed E-state index contributed by atoms with van der Waals surface area (Å²) in [6.07, 6.45) is 3.06. The molecular formula is C25H31N5O5. The first kappa shape index (κ1) is 25.7. The molecule has 1 unspecified atom stereocenters. The Balaban J connectivity index is 1.60. The SMILES string of the molecule is Cc1c(NC(=O)OC(C)(C)C)ccc2nc(NCC(C)CC(=O)NCc3cccnc3)oc(=O)c12. The molecule has 3 rings (SSSR count). The predicted molar refractivity (Wildman–Crippen MR) is 133 cm³/mol. The Morgan fingerprint density at radius 2 is 1.97 bits per heavy atom. The monoisotopic (exact) mass is 481 g/mol. The number of aryl methyl sites for hydroxylation is 1. The van der Waals surface area contributed by atoms with E-state index in [0.717, 1.165) is 5.56 Å². The van der Waals surface area contributed by atoms with Crippen molar-refractivity contribution in [2.24, 2.45) is 5.92 Å². The molecule has 0 fully saturated rings. The minimum absolute atomic E-state index is 0.0335. The van der Waals surface area contributed by atoms with E-state index < -0.39 is 17.3 Å².